The zero-order chi connectivity index (χ0) is 28.8. The summed E-state index contributed by atoms with van der Waals surface area (Å²) in [6.07, 6.45) is 0. The fraction of sp³-hybridized carbons (Fsp3) is 0. The molecule has 2 aliphatic rings. The first-order valence-electron chi connectivity index (χ1n) is 11.4. The van der Waals surface area contributed by atoms with Crippen molar-refractivity contribution in [3.05, 3.63) is 120 Å². The van der Waals surface area contributed by atoms with Crippen LogP contribution in [0, 0.1) is 15.8 Å². The summed E-state index contributed by atoms with van der Waals surface area (Å²) in [7, 11) is -4.94. The molecule has 3 aromatic carbocycles. The topological polar surface area (TPSA) is 212 Å². The van der Waals surface area contributed by atoms with E-state index in [4.69, 9.17) is 5.41 Å². The molecule has 15 heteroatoms. The molecule has 0 aliphatic heterocycles. The third kappa shape index (κ3) is 6.33. The van der Waals surface area contributed by atoms with Crippen LogP contribution in [0.3, 0.4) is 0 Å². The van der Waals surface area contributed by atoms with Crippen molar-refractivity contribution in [2.75, 3.05) is 10.9 Å². The van der Waals surface area contributed by atoms with E-state index in [1.165, 1.54) is 36.4 Å². The second-order valence-corrected chi connectivity index (χ2v) is 9.99. The van der Waals surface area contributed by atoms with Gasteiger partial charge in [-0.3, -0.25) is 19.6 Å². The molecule has 0 amide bonds. The number of nitrogens with one attached hydrogen (secondary N) is 3. The van der Waals surface area contributed by atoms with E-state index >= 15 is 0 Å². The number of anilines is 2. The number of hydrogen-bond acceptors (Lipinski definition) is 11. The Morgan fingerprint density at radius 2 is 1.38 bits per heavy atom. The third-order valence-corrected chi connectivity index (χ3v) is 6.96. The average Bonchev–Trinajstić information content (AvgIpc) is 2.92. The van der Waals surface area contributed by atoms with Crippen LogP contribution in [-0.4, -0.2) is 18.9 Å². The molecule has 5 rings (SSSR count). The number of aromatic carboxylic acids is 1. The number of carboxylic acid groups (broad SMARTS) is 1. The van der Waals surface area contributed by atoms with E-state index in [9.17, 15) is 37.6 Å². The summed E-state index contributed by atoms with van der Waals surface area (Å²) in [5, 5.41) is 29.3. The number of carboxylic acids is 1. The molecule has 42 heavy (non-hydrogen) atoms. The van der Waals surface area contributed by atoms with Crippen molar-refractivity contribution in [3.63, 3.8) is 0 Å². The number of carbonyl (C=O) groups excluding carboxylic acids is 1. The van der Waals surface area contributed by atoms with Gasteiger partial charge in [-0.2, -0.15) is 8.42 Å². The molecule has 4 N–H and O–H groups in total. The van der Waals surface area contributed by atoms with E-state index in [2.05, 4.69) is 15.8 Å². The Morgan fingerprint density at radius 1 is 0.833 bits per heavy atom. The SMILES string of the molecule is N=c1c(S(=O)(=O)O)cc(=Nc2ccc(NNc3ccc([O-])c(C(=O)[O-])c3)cc2)c2c(=O)c3ccccc3c(=O)c1=2.[Na+].[Na+]. The van der Waals surface area contributed by atoms with Crippen LogP contribution in [0.15, 0.2) is 92.3 Å². The molecule has 0 spiro atoms. The summed E-state index contributed by atoms with van der Waals surface area (Å²) in [6, 6.07) is 16.4. The monoisotopic (exact) mass is 602 g/mol. The van der Waals surface area contributed by atoms with E-state index in [-0.39, 0.29) is 91.8 Å². The number of hydrazine groups is 1. The van der Waals surface area contributed by atoms with Gasteiger partial charge in [0.25, 0.3) is 10.1 Å². The van der Waals surface area contributed by atoms with Gasteiger partial charge in [-0.1, -0.05) is 36.1 Å². The van der Waals surface area contributed by atoms with Crippen molar-refractivity contribution in [3.8, 4) is 5.75 Å². The van der Waals surface area contributed by atoms with Crippen molar-refractivity contribution >= 4 is 43.9 Å². The standard InChI is InChI=1S/C27H18N4O8S.2Na/c28-24-21(40(37,38)39)12-19(22-23(24)26(34)17-4-2-1-3-16(17)25(22)33)29-13-5-7-14(8-6-13)30-31-15-9-10-20(32)18(11-15)27(35)36;;/h1-12,28,30-32H,(H,35,36)(H,37,38,39);;/q;2*+1/p-2. The molecular weight excluding hydrogens is 586 g/mol. The van der Waals surface area contributed by atoms with Crippen LogP contribution < -0.4 is 102 Å². The van der Waals surface area contributed by atoms with E-state index in [0.29, 0.717) is 5.69 Å². The zero-order valence-corrected chi connectivity index (χ0v) is 26.9. The minimum absolute atomic E-state index is 0. The van der Waals surface area contributed by atoms with Crippen molar-refractivity contribution < 1.29 is 87.1 Å². The van der Waals surface area contributed by atoms with Crippen LogP contribution in [-0.2, 0) is 10.1 Å². The summed E-state index contributed by atoms with van der Waals surface area (Å²) in [4.78, 5) is 41.1. The normalized spacial score (nSPS) is 11.5. The van der Waals surface area contributed by atoms with E-state index in [0.717, 1.165) is 18.2 Å². The van der Waals surface area contributed by atoms with Gasteiger partial charge in [0.1, 0.15) is 4.90 Å². The first-order valence-corrected chi connectivity index (χ1v) is 12.8. The minimum Gasteiger partial charge on any atom is -0.872 e. The molecular formula is C27H16N4Na2O8S. The summed E-state index contributed by atoms with van der Waals surface area (Å²) in [6.45, 7) is 0. The van der Waals surface area contributed by atoms with Crippen LogP contribution in [0.1, 0.15) is 10.4 Å². The Hall–Kier alpha value is -3.40. The molecule has 0 aromatic heterocycles. The first kappa shape index (κ1) is 33.1. The number of benzene rings is 3. The number of nitrogens with zero attached hydrogens (tertiary/aromatic N) is 1. The molecule has 12 nitrogen and oxygen atoms in total. The molecule has 2 aliphatic carbocycles. The van der Waals surface area contributed by atoms with Crippen LogP contribution in [0.5, 0.6) is 5.75 Å². The van der Waals surface area contributed by atoms with Crippen molar-refractivity contribution in [2.45, 2.75) is 4.90 Å². The third-order valence-electron chi connectivity index (χ3n) is 6.09. The zero-order valence-electron chi connectivity index (χ0n) is 22.1. The van der Waals surface area contributed by atoms with Gasteiger partial charge in [0, 0.05) is 10.8 Å². The van der Waals surface area contributed by atoms with Crippen molar-refractivity contribution in [1.82, 2.24) is 0 Å². The van der Waals surface area contributed by atoms with Crippen LogP contribution in [0.4, 0.5) is 17.1 Å². The molecule has 0 bridgehead atoms. The number of fused-ring (bicyclic) bond motifs is 1. The Morgan fingerprint density at radius 3 is 1.95 bits per heavy atom. The Bertz CT molecular complexity index is 2250. The van der Waals surface area contributed by atoms with Gasteiger partial charge >= 0.3 is 59.1 Å². The Labute approximate surface area is 280 Å². The second-order valence-electron chi connectivity index (χ2n) is 8.60. The molecule has 0 saturated heterocycles. The summed E-state index contributed by atoms with van der Waals surface area (Å²) >= 11 is 0. The second kappa shape index (κ2) is 12.9. The number of hydrogen-bond donors (Lipinski definition) is 4. The van der Waals surface area contributed by atoms with Gasteiger partial charge in [-0.15, -0.1) is 0 Å². The van der Waals surface area contributed by atoms with Gasteiger partial charge in [-0.05, 0) is 48.0 Å². The predicted molar refractivity (Wildman–Crippen MR) is 139 cm³/mol. The maximum Gasteiger partial charge on any atom is 1.00 e. The fourth-order valence-corrected chi connectivity index (χ4v) is 4.83. The fourth-order valence-electron chi connectivity index (χ4n) is 4.21. The van der Waals surface area contributed by atoms with Gasteiger partial charge in [-0.25, -0.2) is 4.99 Å². The van der Waals surface area contributed by atoms with E-state index in [1.807, 2.05) is 0 Å². The maximum atomic E-state index is 13.4. The molecule has 200 valence electrons. The minimum atomic E-state index is -4.94. The van der Waals surface area contributed by atoms with Crippen LogP contribution in [0.25, 0.3) is 10.8 Å². The van der Waals surface area contributed by atoms with Gasteiger partial charge in [0.05, 0.1) is 44.2 Å². The van der Waals surface area contributed by atoms with E-state index < -0.39 is 53.7 Å². The largest absolute Gasteiger partial charge is 1.00 e. The molecule has 0 saturated carbocycles. The van der Waals surface area contributed by atoms with Crippen LogP contribution in [0.2, 0.25) is 0 Å². The predicted octanol–water partition coefficient (Wildman–Crippen LogP) is -6.00. The molecule has 0 fully saturated rings. The molecule has 3 aromatic rings. The van der Waals surface area contributed by atoms with Gasteiger partial charge < -0.3 is 25.9 Å². The quantitative estimate of drug-likeness (QED) is 0.0821. The van der Waals surface area contributed by atoms with Crippen molar-refractivity contribution in [2.24, 2.45) is 4.99 Å². The average molecular weight is 602 g/mol. The van der Waals surface area contributed by atoms with E-state index in [1.54, 1.807) is 18.2 Å². The molecule has 0 heterocycles. The Kier molecular flexibility index (Phi) is 10.1. The first-order chi connectivity index (χ1) is 19.0. The smallest absolute Gasteiger partial charge is 0.872 e. The molecule has 0 radical (unpaired) electrons. The van der Waals surface area contributed by atoms with Crippen LogP contribution >= 0.6 is 0 Å². The van der Waals surface area contributed by atoms with Gasteiger partial charge in [0.15, 0.2) is 10.9 Å². The summed E-state index contributed by atoms with van der Waals surface area (Å²) in [5.41, 5.74) is 4.65. The molecule has 0 atom stereocenters. The maximum absolute atomic E-state index is 13.4. The van der Waals surface area contributed by atoms with Gasteiger partial charge in [0.2, 0.25) is 0 Å². The summed E-state index contributed by atoms with van der Waals surface area (Å²) in [5.74, 6) is -2.31. The van der Waals surface area contributed by atoms with Crippen molar-refractivity contribution in [1.29, 1.82) is 5.41 Å². The Balaban J connectivity index is 0.00000242. The number of rotatable bonds is 6. The summed E-state index contributed by atoms with van der Waals surface area (Å²) < 4.78 is 33.7. The number of carbonyl (C=O) groups is 1. The molecule has 0 unspecified atom stereocenters.